The Kier molecular flexibility index (Phi) is 7.55. The van der Waals surface area contributed by atoms with Gasteiger partial charge in [0.1, 0.15) is 6.17 Å². The molecule has 0 heterocycles. The summed E-state index contributed by atoms with van der Waals surface area (Å²) in [7, 11) is 0. The molecule has 0 saturated heterocycles. The predicted octanol–water partition coefficient (Wildman–Crippen LogP) is 5.17. The lowest BCUT2D eigenvalue weighted by Crippen LogP contribution is -2.56. The number of benzene rings is 2. The fourth-order valence-electron chi connectivity index (χ4n) is 1.98. The van der Waals surface area contributed by atoms with Crippen molar-refractivity contribution < 1.29 is 4.79 Å². The second-order valence-electron chi connectivity index (χ2n) is 5.42. The van der Waals surface area contributed by atoms with Crippen LogP contribution in [0.25, 0.3) is 0 Å². The molecular formula is C17H15BrCl3N3OS. The van der Waals surface area contributed by atoms with Gasteiger partial charge in [0.25, 0.3) is 5.91 Å². The number of hydrogen-bond donors (Lipinski definition) is 3. The van der Waals surface area contributed by atoms with Crippen molar-refractivity contribution in [1.82, 2.24) is 10.6 Å². The van der Waals surface area contributed by atoms with E-state index >= 15 is 0 Å². The van der Waals surface area contributed by atoms with Crippen LogP contribution in [0.4, 0.5) is 5.69 Å². The van der Waals surface area contributed by atoms with Crippen molar-refractivity contribution in [3.63, 3.8) is 0 Å². The highest BCUT2D eigenvalue weighted by atomic mass is 79.9. The fourth-order valence-corrected chi connectivity index (χ4v) is 2.95. The van der Waals surface area contributed by atoms with Crippen LogP contribution >= 0.6 is 63.0 Å². The number of amides is 1. The van der Waals surface area contributed by atoms with Gasteiger partial charge in [-0.3, -0.25) is 4.79 Å². The molecular weight excluding hydrogens is 481 g/mol. The highest BCUT2D eigenvalue weighted by molar-refractivity contribution is 9.10. The Labute approximate surface area is 180 Å². The number of thiocarbonyl (C=S) groups is 1. The van der Waals surface area contributed by atoms with Crippen LogP contribution in [-0.2, 0) is 0 Å². The summed E-state index contributed by atoms with van der Waals surface area (Å²) in [6, 6.07) is 14.4. The van der Waals surface area contributed by atoms with Gasteiger partial charge in [-0.2, -0.15) is 0 Å². The molecule has 9 heteroatoms. The molecule has 0 fully saturated rings. The Bertz CT molecular complexity index is 797. The zero-order valence-corrected chi connectivity index (χ0v) is 18.2. The van der Waals surface area contributed by atoms with Crippen molar-refractivity contribution in [2.24, 2.45) is 0 Å². The minimum Gasteiger partial charge on any atom is -0.339 e. The molecule has 0 aliphatic rings. The van der Waals surface area contributed by atoms with Gasteiger partial charge >= 0.3 is 0 Å². The lowest BCUT2D eigenvalue weighted by molar-refractivity contribution is 0.0934. The number of rotatable bonds is 4. The summed E-state index contributed by atoms with van der Waals surface area (Å²) in [6.45, 7) is 1.93. The molecule has 0 saturated carbocycles. The molecule has 0 radical (unpaired) electrons. The number of alkyl halides is 3. The van der Waals surface area contributed by atoms with Crippen molar-refractivity contribution in [3.8, 4) is 0 Å². The SMILES string of the molecule is Cc1ccc(C(=O)NC(NC(=S)Nc2cccc(Br)c2)C(Cl)(Cl)Cl)cc1. The van der Waals surface area contributed by atoms with E-state index in [4.69, 9.17) is 47.0 Å². The largest absolute Gasteiger partial charge is 0.339 e. The van der Waals surface area contributed by atoms with Gasteiger partial charge in [0.15, 0.2) is 5.11 Å². The van der Waals surface area contributed by atoms with Crippen LogP contribution in [0.5, 0.6) is 0 Å². The van der Waals surface area contributed by atoms with Gasteiger partial charge in [-0.05, 0) is 49.5 Å². The van der Waals surface area contributed by atoms with Crippen molar-refractivity contribution >= 4 is 79.7 Å². The van der Waals surface area contributed by atoms with Crippen molar-refractivity contribution in [2.75, 3.05) is 5.32 Å². The molecule has 2 rings (SSSR count). The molecule has 1 unspecified atom stereocenters. The van der Waals surface area contributed by atoms with Gasteiger partial charge in [-0.15, -0.1) is 0 Å². The quantitative estimate of drug-likeness (QED) is 0.311. The third kappa shape index (κ3) is 6.59. The third-order valence-electron chi connectivity index (χ3n) is 3.27. The number of aryl methyl sites for hydroxylation is 1. The maximum Gasteiger partial charge on any atom is 0.252 e. The van der Waals surface area contributed by atoms with E-state index in [-0.39, 0.29) is 11.0 Å². The minimum absolute atomic E-state index is 0.198. The summed E-state index contributed by atoms with van der Waals surface area (Å²) >= 11 is 26.6. The van der Waals surface area contributed by atoms with E-state index in [1.165, 1.54) is 0 Å². The lowest BCUT2D eigenvalue weighted by Gasteiger charge is -2.27. The Morgan fingerprint density at radius 3 is 2.35 bits per heavy atom. The highest BCUT2D eigenvalue weighted by Gasteiger charge is 2.34. The summed E-state index contributed by atoms with van der Waals surface area (Å²) in [5.41, 5.74) is 2.23. The Morgan fingerprint density at radius 1 is 1.12 bits per heavy atom. The fraction of sp³-hybridized carbons (Fsp3) is 0.176. The van der Waals surface area contributed by atoms with Crippen LogP contribution in [0.15, 0.2) is 53.0 Å². The van der Waals surface area contributed by atoms with Gasteiger partial charge < -0.3 is 16.0 Å². The van der Waals surface area contributed by atoms with Crippen LogP contribution in [0.2, 0.25) is 0 Å². The first-order valence-electron chi connectivity index (χ1n) is 7.42. The van der Waals surface area contributed by atoms with Crippen LogP contribution in [0.3, 0.4) is 0 Å². The predicted molar refractivity (Wildman–Crippen MR) is 116 cm³/mol. The molecule has 3 N–H and O–H groups in total. The van der Waals surface area contributed by atoms with Crippen molar-refractivity contribution in [1.29, 1.82) is 0 Å². The maximum absolute atomic E-state index is 12.4. The topological polar surface area (TPSA) is 53.2 Å². The number of carbonyl (C=O) groups excluding carboxylic acids is 1. The molecule has 1 atom stereocenters. The second kappa shape index (κ2) is 9.24. The van der Waals surface area contributed by atoms with E-state index in [0.717, 1.165) is 15.7 Å². The second-order valence-corrected chi connectivity index (χ2v) is 9.12. The van der Waals surface area contributed by atoms with E-state index in [1.807, 2.05) is 43.3 Å². The van der Waals surface area contributed by atoms with Crippen LogP contribution in [-0.4, -0.2) is 21.0 Å². The Hall–Kier alpha value is -1.05. The van der Waals surface area contributed by atoms with Crippen LogP contribution in [0.1, 0.15) is 15.9 Å². The zero-order chi connectivity index (χ0) is 19.3. The zero-order valence-electron chi connectivity index (χ0n) is 13.5. The van der Waals surface area contributed by atoms with E-state index < -0.39 is 9.96 Å². The monoisotopic (exact) mass is 493 g/mol. The van der Waals surface area contributed by atoms with Gasteiger partial charge in [0, 0.05) is 15.7 Å². The summed E-state index contributed by atoms with van der Waals surface area (Å²) in [4.78, 5) is 12.4. The molecule has 0 bridgehead atoms. The third-order valence-corrected chi connectivity index (χ3v) is 4.64. The minimum atomic E-state index is -1.82. The number of halogens is 4. The first-order chi connectivity index (χ1) is 12.1. The van der Waals surface area contributed by atoms with Gasteiger partial charge in [-0.1, -0.05) is 74.5 Å². The average Bonchev–Trinajstić information content (AvgIpc) is 2.53. The molecule has 1 amide bonds. The number of nitrogens with one attached hydrogen (secondary N) is 3. The standard InChI is InChI=1S/C17H15BrCl3N3OS/c1-10-5-7-11(8-6-10)14(25)23-15(17(19,20)21)24-16(26)22-13-4-2-3-12(18)9-13/h2-9,15H,1H3,(H,23,25)(H2,22,24,26). The van der Waals surface area contributed by atoms with Crippen molar-refractivity contribution in [2.45, 2.75) is 16.9 Å². The molecule has 2 aromatic carbocycles. The van der Waals surface area contributed by atoms with Gasteiger partial charge in [0.2, 0.25) is 3.79 Å². The number of carbonyl (C=O) groups is 1. The first-order valence-corrected chi connectivity index (χ1v) is 9.76. The normalized spacial score (nSPS) is 12.2. The van der Waals surface area contributed by atoms with Crippen LogP contribution in [0, 0.1) is 6.92 Å². The smallest absolute Gasteiger partial charge is 0.252 e. The molecule has 0 spiro atoms. The van der Waals surface area contributed by atoms with Crippen LogP contribution < -0.4 is 16.0 Å². The molecule has 0 aliphatic heterocycles. The van der Waals surface area contributed by atoms with Crippen molar-refractivity contribution in [3.05, 3.63) is 64.1 Å². The molecule has 0 aliphatic carbocycles. The van der Waals surface area contributed by atoms with Gasteiger partial charge in [0.05, 0.1) is 0 Å². The lowest BCUT2D eigenvalue weighted by atomic mass is 10.1. The van der Waals surface area contributed by atoms with E-state index in [1.54, 1.807) is 12.1 Å². The Balaban J connectivity index is 2.06. The Morgan fingerprint density at radius 2 is 1.77 bits per heavy atom. The average molecular weight is 496 g/mol. The summed E-state index contributed by atoms with van der Waals surface area (Å²) in [5.74, 6) is -0.390. The maximum atomic E-state index is 12.4. The first kappa shape index (κ1) is 21.3. The highest BCUT2D eigenvalue weighted by Crippen LogP contribution is 2.29. The number of hydrogen-bond acceptors (Lipinski definition) is 2. The number of anilines is 1. The molecule has 138 valence electrons. The summed E-state index contributed by atoms with van der Waals surface area (Å²) in [6.07, 6.45) is -1.03. The van der Waals surface area contributed by atoms with E-state index in [0.29, 0.717) is 5.56 Å². The van der Waals surface area contributed by atoms with Gasteiger partial charge in [-0.25, -0.2) is 0 Å². The molecule has 4 nitrogen and oxygen atoms in total. The van der Waals surface area contributed by atoms with E-state index in [2.05, 4.69) is 31.9 Å². The molecule has 2 aromatic rings. The molecule has 0 aromatic heterocycles. The summed E-state index contributed by atoms with van der Waals surface area (Å²) < 4.78 is -0.931. The molecule has 26 heavy (non-hydrogen) atoms. The summed E-state index contributed by atoms with van der Waals surface area (Å²) in [5, 5.41) is 8.62. The van der Waals surface area contributed by atoms with E-state index in [9.17, 15) is 4.79 Å².